The molecule has 1 aliphatic heterocycles. The van der Waals surface area contributed by atoms with Gasteiger partial charge in [0, 0.05) is 5.56 Å². The Morgan fingerprint density at radius 2 is 1.70 bits per heavy atom. The molecule has 158 valence electrons. The van der Waals surface area contributed by atoms with Gasteiger partial charge >= 0.3 is 16.3 Å². The molecule has 0 aromatic heterocycles. The van der Waals surface area contributed by atoms with Gasteiger partial charge in [0.05, 0.1) is 4.11 Å². The maximum absolute atomic E-state index is 13.1. The monoisotopic (exact) mass is 438 g/mol. The average molecular weight is 438 g/mol. The van der Waals surface area contributed by atoms with Crippen LogP contribution in [0.25, 0.3) is 0 Å². The van der Waals surface area contributed by atoms with Crippen molar-refractivity contribution in [1.82, 2.24) is 0 Å². The molecule has 0 unspecified atom stereocenters. The zero-order valence-electron chi connectivity index (χ0n) is 18.5. The number of hydrogen-bond donors (Lipinski definition) is 1. The van der Waals surface area contributed by atoms with Gasteiger partial charge in [-0.3, -0.25) is 4.79 Å². The van der Waals surface area contributed by atoms with Crippen molar-refractivity contribution >= 4 is 22.1 Å². The SMILES string of the molecule is O=C=O.[2H]C([2H])(c1ccc(F)cc1)S(=O)(=O)OC1=C(N)O[C@]([2H])(c2ccc(CC)cc2)C1=O. The van der Waals surface area contributed by atoms with E-state index in [1.807, 2.05) is 6.92 Å². The number of carbonyl (C=O) groups excluding carboxylic acids is 3. The molecule has 0 radical (unpaired) electrons. The third-order valence-electron chi connectivity index (χ3n) is 3.75. The summed E-state index contributed by atoms with van der Waals surface area (Å²) in [5.74, 6) is -3.63. The zero-order valence-corrected chi connectivity index (χ0v) is 16.4. The summed E-state index contributed by atoms with van der Waals surface area (Å²) in [5.41, 5.74) is 3.10. The first-order valence-corrected chi connectivity index (χ1v) is 9.77. The highest BCUT2D eigenvalue weighted by Crippen LogP contribution is 2.32. The van der Waals surface area contributed by atoms with Crippen molar-refractivity contribution in [3.8, 4) is 0 Å². The van der Waals surface area contributed by atoms with Crippen LogP contribution < -0.4 is 5.73 Å². The lowest BCUT2D eigenvalue weighted by molar-refractivity contribution is -0.191. The van der Waals surface area contributed by atoms with Crippen molar-refractivity contribution in [1.29, 1.82) is 0 Å². The standard InChI is InChI=1S/C19H18FNO5S.CO2/c1-2-12-3-7-14(8-4-12)17-16(22)18(19(21)25-17)26-27(23,24)11-13-5-9-15(20)10-6-13;2-1-3/h3-10,17H,2,11,21H2,1H3;/t17-;/m1./s1/i11D2,17D;. The molecule has 0 saturated carbocycles. The lowest BCUT2D eigenvalue weighted by Gasteiger charge is -2.10. The molecule has 0 bridgehead atoms. The molecule has 0 fully saturated rings. The Labute approximate surface area is 176 Å². The summed E-state index contributed by atoms with van der Waals surface area (Å²) >= 11 is 0. The van der Waals surface area contributed by atoms with E-state index >= 15 is 0 Å². The van der Waals surface area contributed by atoms with E-state index in [0.717, 1.165) is 36.2 Å². The summed E-state index contributed by atoms with van der Waals surface area (Å²) in [7, 11) is -5.13. The Kier molecular flexibility index (Phi) is 6.06. The van der Waals surface area contributed by atoms with Crippen LogP contribution in [0.3, 0.4) is 0 Å². The number of nitrogens with two attached hydrogens (primary N) is 1. The number of rotatable bonds is 6. The first-order chi connectivity index (χ1) is 15.3. The third kappa shape index (κ3) is 5.76. The van der Waals surface area contributed by atoms with Crippen LogP contribution in [-0.4, -0.2) is 20.4 Å². The first-order valence-electron chi connectivity index (χ1n) is 9.86. The van der Waals surface area contributed by atoms with Crippen LogP contribution in [0.1, 0.15) is 33.8 Å². The Hall–Kier alpha value is -3.49. The molecule has 1 atom stereocenters. The number of Topliss-reactive ketones (excluding diaryl/α,β-unsaturated/α-hetero) is 1. The fourth-order valence-electron chi connectivity index (χ4n) is 2.37. The molecule has 1 heterocycles. The maximum atomic E-state index is 13.1. The summed E-state index contributed by atoms with van der Waals surface area (Å²) in [6.45, 7) is 1.92. The van der Waals surface area contributed by atoms with Crippen molar-refractivity contribution in [3.05, 3.63) is 82.7 Å². The van der Waals surface area contributed by atoms with Gasteiger partial charge in [0.25, 0.3) is 0 Å². The second kappa shape index (κ2) is 9.82. The highest BCUT2D eigenvalue weighted by Gasteiger charge is 2.39. The van der Waals surface area contributed by atoms with Crippen molar-refractivity contribution < 1.29 is 40.2 Å². The highest BCUT2D eigenvalue weighted by atomic mass is 32.2. The van der Waals surface area contributed by atoms with Crippen LogP contribution in [0, 0.1) is 5.82 Å². The quantitative estimate of drug-likeness (QED) is 0.679. The van der Waals surface area contributed by atoms with E-state index < -0.39 is 50.7 Å². The second-order valence-electron chi connectivity index (χ2n) is 5.73. The Morgan fingerprint density at radius 3 is 2.23 bits per heavy atom. The van der Waals surface area contributed by atoms with E-state index in [4.69, 9.17) is 28.4 Å². The third-order valence-corrected chi connectivity index (χ3v) is 4.62. The molecule has 0 aliphatic carbocycles. The van der Waals surface area contributed by atoms with E-state index in [1.165, 1.54) is 12.1 Å². The van der Waals surface area contributed by atoms with Gasteiger partial charge in [0.2, 0.25) is 17.4 Å². The molecule has 0 spiro atoms. The van der Waals surface area contributed by atoms with Gasteiger partial charge in [0.1, 0.15) is 11.5 Å². The first kappa shape index (κ1) is 18.5. The van der Waals surface area contributed by atoms with Crippen LogP contribution in [0.2, 0.25) is 0 Å². The molecule has 10 heteroatoms. The molecule has 2 aromatic rings. The van der Waals surface area contributed by atoms with Gasteiger partial charge in [-0.15, -0.1) is 0 Å². The topological polar surface area (TPSA) is 130 Å². The van der Waals surface area contributed by atoms with Crippen molar-refractivity contribution in [3.63, 3.8) is 0 Å². The van der Waals surface area contributed by atoms with Gasteiger partial charge in [-0.05, 0) is 29.7 Å². The van der Waals surface area contributed by atoms with Crippen molar-refractivity contribution in [2.75, 3.05) is 0 Å². The summed E-state index contributed by atoms with van der Waals surface area (Å²) in [5, 5.41) is 0. The van der Waals surface area contributed by atoms with Gasteiger partial charge < -0.3 is 14.7 Å². The van der Waals surface area contributed by atoms with Gasteiger partial charge in [-0.1, -0.05) is 43.3 Å². The lowest BCUT2D eigenvalue weighted by atomic mass is 10.0. The van der Waals surface area contributed by atoms with Crippen LogP contribution in [-0.2, 0) is 45.5 Å². The molecule has 0 saturated heterocycles. The number of ether oxygens (including phenoxy) is 1. The van der Waals surface area contributed by atoms with Gasteiger partial charge in [-0.2, -0.15) is 18.0 Å². The van der Waals surface area contributed by atoms with E-state index in [1.54, 1.807) is 12.1 Å². The molecular formula is C20H18FNO7S. The number of hydrogen-bond acceptors (Lipinski definition) is 8. The molecule has 0 amide bonds. The molecule has 2 aromatic carbocycles. The molecule has 8 nitrogen and oxygen atoms in total. The number of aryl methyl sites for hydroxylation is 1. The summed E-state index contributed by atoms with van der Waals surface area (Å²) in [6.07, 6.45) is -1.39. The Morgan fingerprint density at radius 1 is 1.17 bits per heavy atom. The van der Waals surface area contributed by atoms with Crippen LogP contribution in [0.4, 0.5) is 4.39 Å². The van der Waals surface area contributed by atoms with Crippen molar-refractivity contribution in [2.45, 2.75) is 25.1 Å². The fraction of sp³-hybridized carbons (Fsp3) is 0.200. The molecule has 3 rings (SSSR count). The highest BCUT2D eigenvalue weighted by molar-refractivity contribution is 7.86. The van der Waals surface area contributed by atoms with Crippen LogP contribution in [0.15, 0.2) is 60.2 Å². The molecule has 1 aliphatic rings. The van der Waals surface area contributed by atoms with Gasteiger partial charge in [0.15, 0.2) is 6.08 Å². The summed E-state index contributed by atoms with van der Waals surface area (Å²) in [6, 6.07) is 9.96. The normalized spacial score (nSPS) is 20.1. The van der Waals surface area contributed by atoms with Crippen LogP contribution in [0.5, 0.6) is 0 Å². The Bertz CT molecular complexity index is 1210. The number of benzene rings is 2. The Balaban J connectivity index is 0.00000122. The van der Waals surface area contributed by atoms with E-state index in [2.05, 4.69) is 0 Å². The number of carbonyl (C=O) groups is 1. The minimum atomic E-state index is -5.13. The predicted molar refractivity (Wildman–Crippen MR) is 101 cm³/mol. The molecule has 30 heavy (non-hydrogen) atoms. The van der Waals surface area contributed by atoms with E-state index in [-0.39, 0.29) is 11.7 Å². The van der Waals surface area contributed by atoms with Gasteiger partial charge in [-0.25, -0.2) is 4.39 Å². The van der Waals surface area contributed by atoms with E-state index in [9.17, 15) is 17.6 Å². The van der Waals surface area contributed by atoms with Crippen LogP contribution >= 0.6 is 0 Å². The summed E-state index contributed by atoms with van der Waals surface area (Å²) < 4.78 is 72.2. The fourth-order valence-corrected chi connectivity index (χ4v) is 3.21. The number of ketones is 1. The lowest BCUT2D eigenvalue weighted by Crippen LogP contribution is -2.16. The molecule has 2 N–H and O–H groups in total. The minimum absolute atomic E-state index is 0.102. The predicted octanol–water partition coefficient (Wildman–Crippen LogP) is 2.12. The largest absolute Gasteiger partial charge is 0.460 e. The summed E-state index contributed by atoms with van der Waals surface area (Å²) in [4.78, 5) is 29.0. The van der Waals surface area contributed by atoms with E-state index in [0.29, 0.717) is 0 Å². The zero-order chi connectivity index (χ0) is 25.0. The number of halogens is 1. The average Bonchev–Trinajstić information content (AvgIpc) is 2.98. The maximum Gasteiger partial charge on any atom is 0.373 e. The minimum Gasteiger partial charge on any atom is -0.460 e. The molecular weight excluding hydrogens is 417 g/mol. The second-order valence-corrected chi connectivity index (χ2v) is 7.01. The smallest absolute Gasteiger partial charge is 0.373 e. The van der Waals surface area contributed by atoms with Crippen molar-refractivity contribution in [2.24, 2.45) is 5.73 Å².